The summed E-state index contributed by atoms with van der Waals surface area (Å²) >= 11 is 0. The lowest BCUT2D eigenvalue weighted by Crippen LogP contribution is -2.63. The molecule has 0 amide bonds. The van der Waals surface area contributed by atoms with Crippen LogP contribution in [0.25, 0.3) is 0 Å². The van der Waals surface area contributed by atoms with Crippen LogP contribution >= 0.6 is 0 Å². The molecule has 62 valence electrons. The minimum absolute atomic E-state index is 0.165. The Morgan fingerprint density at radius 2 is 1.82 bits per heavy atom. The molecule has 0 aromatic rings. The highest BCUT2D eigenvalue weighted by atomic mass is 19.1. The molecule has 0 spiro atoms. The lowest BCUT2D eigenvalue weighted by molar-refractivity contribution is -0.116. The first-order valence-corrected chi connectivity index (χ1v) is 4.05. The Morgan fingerprint density at radius 1 is 1.27 bits per heavy atom. The summed E-state index contributed by atoms with van der Waals surface area (Å²) in [4.78, 5) is 0. The molecule has 0 aliphatic heterocycles. The van der Waals surface area contributed by atoms with Crippen molar-refractivity contribution in [2.45, 2.75) is 31.0 Å². The first kappa shape index (κ1) is 7.56. The van der Waals surface area contributed by atoms with Crippen molar-refractivity contribution in [3.05, 3.63) is 0 Å². The summed E-state index contributed by atoms with van der Waals surface area (Å²) in [7, 11) is -1.18. The molecule has 2 bridgehead atoms. The molecular weight excluding hydrogens is 146 g/mol. The molecule has 11 heavy (non-hydrogen) atoms. The van der Waals surface area contributed by atoms with Gasteiger partial charge in [0.05, 0.1) is 6.67 Å². The number of alkyl halides is 1. The zero-order chi connectivity index (χ0) is 8.11. The van der Waals surface area contributed by atoms with Gasteiger partial charge in [0, 0.05) is 5.31 Å². The average molecular weight is 158 g/mol. The van der Waals surface area contributed by atoms with Crippen molar-refractivity contribution in [3.63, 3.8) is 0 Å². The fourth-order valence-corrected chi connectivity index (χ4v) is 2.82. The SMILES string of the molecule is OB(O)C12CC(CCF)(C1)C2. The molecule has 0 radical (unpaired) electrons. The maximum absolute atomic E-state index is 11.9. The van der Waals surface area contributed by atoms with E-state index in [1.165, 1.54) is 0 Å². The molecule has 4 heteroatoms. The summed E-state index contributed by atoms with van der Waals surface area (Å²) in [5.74, 6) is 0. The van der Waals surface area contributed by atoms with Crippen molar-refractivity contribution < 1.29 is 14.4 Å². The summed E-state index contributed by atoms with van der Waals surface area (Å²) in [6.45, 7) is -0.266. The molecule has 0 atom stereocenters. The number of halogens is 1. The van der Waals surface area contributed by atoms with Gasteiger partial charge in [-0.15, -0.1) is 0 Å². The second-order valence-corrected chi connectivity index (χ2v) is 4.21. The summed E-state index contributed by atoms with van der Waals surface area (Å²) in [5, 5.41) is 17.6. The van der Waals surface area contributed by atoms with E-state index in [0.29, 0.717) is 6.42 Å². The molecule has 0 aromatic carbocycles. The van der Waals surface area contributed by atoms with Gasteiger partial charge < -0.3 is 10.0 Å². The molecule has 3 saturated carbocycles. The van der Waals surface area contributed by atoms with E-state index in [1.54, 1.807) is 0 Å². The van der Waals surface area contributed by atoms with E-state index in [2.05, 4.69) is 0 Å². The van der Waals surface area contributed by atoms with Crippen molar-refractivity contribution in [2.24, 2.45) is 5.41 Å². The molecule has 3 aliphatic carbocycles. The Labute approximate surface area is 65.6 Å². The molecule has 0 heterocycles. The number of hydrogen-bond donors (Lipinski definition) is 2. The molecule has 2 nitrogen and oxygen atoms in total. The highest BCUT2D eigenvalue weighted by molar-refractivity contribution is 6.46. The fraction of sp³-hybridized carbons (Fsp3) is 1.00. The fourth-order valence-electron chi connectivity index (χ4n) is 2.82. The molecule has 0 unspecified atom stereocenters. The monoisotopic (exact) mass is 158 g/mol. The van der Waals surface area contributed by atoms with E-state index in [9.17, 15) is 4.39 Å². The number of rotatable bonds is 3. The average Bonchev–Trinajstić information content (AvgIpc) is 1.73. The summed E-state index contributed by atoms with van der Waals surface area (Å²) in [5.41, 5.74) is 0.165. The van der Waals surface area contributed by atoms with Gasteiger partial charge in [-0.25, -0.2) is 0 Å². The van der Waals surface area contributed by atoms with Crippen molar-refractivity contribution in [3.8, 4) is 0 Å². The largest absolute Gasteiger partial charge is 0.458 e. The molecule has 0 saturated heterocycles. The van der Waals surface area contributed by atoms with Crippen molar-refractivity contribution >= 4 is 7.12 Å². The van der Waals surface area contributed by atoms with Crippen LogP contribution in [0.4, 0.5) is 4.39 Å². The Bertz CT molecular complexity index is 164. The van der Waals surface area contributed by atoms with Gasteiger partial charge in [0.15, 0.2) is 0 Å². The molecule has 3 rings (SSSR count). The van der Waals surface area contributed by atoms with Gasteiger partial charge in [0.2, 0.25) is 0 Å². The van der Waals surface area contributed by atoms with E-state index >= 15 is 0 Å². The van der Waals surface area contributed by atoms with Crippen LogP contribution in [0.3, 0.4) is 0 Å². The van der Waals surface area contributed by atoms with Crippen molar-refractivity contribution in [2.75, 3.05) is 6.67 Å². The van der Waals surface area contributed by atoms with Crippen LogP contribution < -0.4 is 0 Å². The lowest BCUT2D eigenvalue weighted by Gasteiger charge is -2.70. The smallest absolute Gasteiger partial charge is 0.427 e. The lowest BCUT2D eigenvalue weighted by atomic mass is 9.24. The molecule has 3 aliphatic rings. The van der Waals surface area contributed by atoms with Crippen LogP contribution in [-0.2, 0) is 0 Å². The Kier molecular flexibility index (Phi) is 1.37. The van der Waals surface area contributed by atoms with E-state index in [4.69, 9.17) is 10.0 Å². The van der Waals surface area contributed by atoms with Crippen LogP contribution in [0.1, 0.15) is 25.7 Å². The van der Waals surface area contributed by atoms with E-state index in [0.717, 1.165) is 19.3 Å². The van der Waals surface area contributed by atoms with Crippen LogP contribution in [0.5, 0.6) is 0 Å². The molecular formula is C7H12BFO2. The highest BCUT2D eigenvalue weighted by Crippen LogP contribution is 2.80. The summed E-state index contributed by atoms with van der Waals surface area (Å²) < 4.78 is 11.9. The van der Waals surface area contributed by atoms with E-state index < -0.39 is 7.12 Å². The third-order valence-corrected chi connectivity index (χ3v) is 3.35. The Balaban J connectivity index is 1.89. The maximum atomic E-state index is 11.9. The first-order valence-electron chi connectivity index (χ1n) is 4.05. The van der Waals surface area contributed by atoms with Crippen LogP contribution in [0.15, 0.2) is 0 Å². The predicted molar refractivity (Wildman–Crippen MR) is 39.8 cm³/mol. The minimum Gasteiger partial charge on any atom is -0.427 e. The first-order chi connectivity index (χ1) is 5.13. The third-order valence-electron chi connectivity index (χ3n) is 3.35. The standard InChI is InChI=1S/C7H12BFO2/c9-2-1-6-3-7(4-6,5-6)8(10)11/h10-11H,1-5H2. The van der Waals surface area contributed by atoms with Crippen LogP contribution in [0, 0.1) is 5.41 Å². The second kappa shape index (κ2) is 1.99. The third kappa shape index (κ3) is 0.797. The van der Waals surface area contributed by atoms with E-state index in [-0.39, 0.29) is 17.4 Å². The van der Waals surface area contributed by atoms with Gasteiger partial charge in [-0.1, -0.05) is 0 Å². The van der Waals surface area contributed by atoms with Crippen molar-refractivity contribution in [1.29, 1.82) is 0 Å². The van der Waals surface area contributed by atoms with Crippen LogP contribution in [-0.4, -0.2) is 23.8 Å². The second-order valence-electron chi connectivity index (χ2n) is 4.21. The molecule has 0 aromatic heterocycles. The van der Waals surface area contributed by atoms with Gasteiger partial charge in [0.25, 0.3) is 0 Å². The normalized spacial score (nSPS) is 46.1. The summed E-state index contributed by atoms with van der Waals surface area (Å²) in [6, 6.07) is 0. The minimum atomic E-state index is -1.18. The van der Waals surface area contributed by atoms with Gasteiger partial charge in [0.1, 0.15) is 0 Å². The molecule has 2 N–H and O–H groups in total. The Morgan fingerprint density at radius 3 is 2.18 bits per heavy atom. The highest BCUT2D eigenvalue weighted by Gasteiger charge is 2.71. The topological polar surface area (TPSA) is 40.5 Å². The van der Waals surface area contributed by atoms with Gasteiger partial charge in [-0.2, -0.15) is 0 Å². The molecule has 3 fully saturated rings. The maximum Gasteiger partial charge on any atom is 0.458 e. The van der Waals surface area contributed by atoms with Gasteiger partial charge >= 0.3 is 7.12 Å². The van der Waals surface area contributed by atoms with Gasteiger partial charge in [-0.05, 0) is 31.1 Å². The zero-order valence-electron chi connectivity index (χ0n) is 6.39. The Hall–Kier alpha value is -0.0851. The zero-order valence-corrected chi connectivity index (χ0v) is 6.39. The summed E-state index contributed by atoms with van der Waals surface area (Å²) in [6.07, 6.45) is 3.08. The van der Waals surface area contributed by atoms with E-state index in [1.807, 2.05) is 0 Å². The number of hydrogen-bond acceptors (Lipinski definition) is 2. The predicted octanol–water partition coefficient (Wildman–Crippen LogP) is 0.743. The van der Waals surface area contributed by atoms with Crippen molar-refractivity contribution in [1.82, 2.24) is 0 Å². The van der Waals surface area contributed by atoms with Crippen LogP contribution in [0.2, 0.25) is 5.31 Å². The van der Waals surface area contributed by atoms with Gasteiger partial charge in [-0.3, -0.25) is 4.39 Å². The quantitative estimate of drug-likeness (QED) is 0.594.